The Labute approximate surface area is 172 Å². The number of anilines is 2. The Bertz CT molecular complexity index is 1000. The third-order valence-electron chi connectivity index (χ3n) is 5.30. The second-order valence-electron chi connectivity index (χ2n) is 7.38. The molecule has 1 aliphatic rings. The zero-order valence-electron chi connectivity index (χ0n) is 17.0. The molecule has 0 atom stereocenters. The summed E-state index contributed by atoms with van der Waals surface area (Å²) in [5.41, 5.74) is 4.81. The number of carbonyl (C=O) groups is 1. The SMILES string of the molecule is CCN(Cc1ccccc1)C(=O)c1cc(C)nc(N2CCCc3ccccc32)n1. The van der Waals surface area contributed by atoms with Gasteiger partial charge in [0.25, 0.3) is 5.91 Å². The first kappa shape index (κ1) is 19.1. The van der Waals surface area contributed by atoms with E-state index >= 15 is 0 Å². The number of aromatic nitrogens is 2. The van der Waals surface area contributed by atoms with Crippen molar-refractivity contribution >= 4 is 17.5 Å². The summed E-state index contributed by atoms with van der Waals surface area (Å²) in [6.45, 7) is 5.97. The minimum absolute atomic E-state index is 0.0617. The summed E-state index contributed by atoms with van der Waals surface area (Å²) < 4.78 is 0. The molecule has 2 heterocycles. The second kappa shape index (κ2) is 8.43. The zero-order chi connectivity index (χ0) is 20.2. The van der Waals surface area contributed by atoms with Crippen molar-refractivity contribution in [3.63, 3.8) is 0 Å². The van der Waals surface area contributed by atoms with Gasteiger partial charge >= 0.3 is 0 Å². The van der Waals surface area contributed by atoms with E-state index in [1.54, 1.807) is 6.07 Å². The molecule has 148 valence electrons. The van der Waals surface area contributed by atoms with Crippen LogP contribution in [-0.2, 0) is 13.0 Å². The van der Waals surface area contributed by atoms with E-state index in [-0.39, 0.29) is 5.91 Å². The lowest BCUT2D eigenvalue weighted by Crippen LogP contribution is -2.32. The Morgan fingerprint density at radius 2 is 1.83 bits per heavy atom. The van der Waals surface area contributed by atoms with E-state index in [4.69, 9.17) is 4.98 Å². The number of nitrogens with zero attached hydrogens (tertiary/aromatic N) is 4. The van der Waals surface area contributed by atoms with Crippen molar-refractivity contribution in [3.8, 4) is 0 Å². The molecule has 0 saturated heterocycles. The molecule has 1 amide bonds. The fraction of sp³-hybridized carbons (Fsp3) is 0.292. The second-order valence-corrected chi connectivity index (χ2v) is 7.38. The van der Waals surface area contributed by atoms with Gasteiger partial charge in [-0.25, -0.2) is 9.97 Å². The zero-order valence-corrected chi connectivity index (χ0v) is 17.0. The summed E-state index contributed by atoms with van der Waals surface area (Å²) in [4.78, 5) is 26.5. The molecule has 0 bridgehead atoms. The molecule has 29 heavy (non-hydrogen) atoms. The van der Waals surface area contributed by atoms with Gasteiger partial charge in [0.1, 0.15) is 5.69 Å². The molecule has 1 aromatic heterocycles. The molecular formula is C24H26N4O. The summed E-state index contributed by atoms with van der Waals surface area (Å²) in [6.07, 6.45) is 2.11. The van der Waals surface area contributed by atoms with Crippen LogP contribution in [-0.4, -0.2) is 33.9 Å². The molecule has 1 aliphatic heterocycles. The third kappa shape index (κ3) is 4.14. The Morgan fingerprint density at radius 3 is 2.62 bits per heavy atom. The average molecular weight is 386 g/mol. The third-order valence-corrected chi connectivity index (χ3v) is 5.30. The number of hydrogen-bond acceptors (Lipinski definition) is 4. The minimum Gasteiger partial charge on any atom is -0.333 e. The van der Waals surface area contributed by atoms with Gasteiger partial charge in [-0.2, -0.15) is 0 Å². The lowest BCUT2D eigenvalue weighted by atomic mass is 10.0. The molecule has 0 fully saturated rings. The molecule has 0 radical (unpaired) electrons. The highest BCUT2D eigenvalue weighted by molar-refractivity contribution is 5.92. The summed E-state index contributed by atoms with van der Waals surface area (Å²) in [7, 11) is 0. The van der Waals surface area contributed by atoms with Crippen LogP contribution >= 0.6 is 0 Å². The number of carbonyl (C=O) groups excluding carboxylic acids is 1. The van der Waals surface area contributed by atoms with Crippen molar-refractivity contribution in [1.82, 2.24) is 14.9 Å². The van der Waals surface area contributed by atoms with E-state index in [0.29, 0.717) is 24.7 Å². The van der Waals surface area contributed by atoms with Gasteiger partial charge < -0.3 is 9.80 Å². The maximum absolute atomic E-state index is 13.2. The van der Waals surface area contributed by atoms with Gasteiger partial charge in [0.15, 0.2) is 0 Å². The van der Waals surface area contributed by atoms with Crippen LogP contribution in [0.25, 0.3) is 0 Å². The number of aryl methyl sites for hydroxylation is 2. The quantitative estimate of drug-likeness (QED) is 0.646. The average Bonchev–Trinajstić information content (AvgIpc) is 2.77. The van der Waals surface area contributed by atoms with Crippen molar-refractivity contribution in [3.05, 3.63) is 83.2 Å². The molecule has 0 saturated carbocycles. The van der Waals surface area contributed by atoms with Crippen LogP contribution in [0.1, 0.15) is 40.7 Å². The summed E-state index contributed by atoms with van der Waals surface area (Å²) >= 11 is 0. The van der Waals surface area contributed by atoms with Gasteiger partial charge in [0, 0.05) is 31.0 Å². The van der Waals surface area contributed by atoms with E-state index in [0.717, 1.165) is 36.3 Å². The number of rotatable bonds is 5. The van der Waals surface area contributed by atoms with E-state index in [1.165, 1.54) is 5.56 Å². The van der Waals surface area contributed by atoms with Crippen LogP contribution < -0.4 is 4.90 Å². The van der Waals surface area contributed by atoms with Gasteiger partial charge in [0.05, 0.1) is 0 Å². The molecule has 0 aliphatic carbocycles. The first-order valence-electron chi connectivity index (χ1n) is 10.2. The number of amides is 1. The van der Waals surface area contributed by atoms with Crippen LogP contribution in [0.5, 0.6) is 0 Å². The predicted molar refractivity (Wildman–Crippen MR) is 115 cm³/mol. The topological polar surface area (TPSA) is 49.3 Å². The Balaban J connectivity index is 1.64. The maximum Gasteiger partial charge on any atom is 0.272 e. The lowest BCUT2D eigenvalue weighted by molar-refractivity contribution is 0.0746. The van der Waals surface area contributed by atoms with Gasteiger partial charge in [-0.05, 0) is 49.9 Å². The Hall–Kier alpha value is -3.21. The minimum atomic E-state index is -0.0617. The van der Waals surface area contributed by atoms with Gasteiger partial charge in [-0.1, -0.05) is 48.5 Å². The van der Waals surface area contributed by atoms with Crippen LogP contribution in [0, 0.1) is 6.92 Å². The smallest absolute Gasteiger partial charge is 0.272 e. The normalized spacial score (nSPS) is 13.1. The Kier molecular flexibility index (Phi) is 5.56. The molecule has 0 unspecified atom stereocenters. The number of hydrogen-bond donors (Lipinski definition) is 0. The van der Waals surface area contributed by atoms with E-state index in [2.05, 4.69) is 28.1 Å². The number of benzene rings is 2. The van der Waals surface area contributed by atoms with Gasteiger partial charge in [-0.15, -0.1) is 0 Å². The Morgan fingerprint density at radius 1 is 1.07 bits per heavy atom. The van der Waals surface area contributed by atoms with Gasteiger partial charge in [-0.3, -0.25) is 4.79 Å². The fourth-order valence-electron chi connectivity index (χ4n) is 3.82. The van der Waals surface area contributed by atoms with Crippen molar-refractivity contribution in [1.29, 1.82) is 0 Å². The molecule has 5 heteroatoms. The number of para-hydroxylation sites is 1. The van der Waals surface area contributed by atoms with Crippen LogP contribution in [0.15, 0.2) is 60.7 Å². The molecule has 4 rings (SSSR count). The summed E-state index contributed by atoms with van der Waals surface area (Å²) in [5, 5.41) is 0. The first-order valence-corrected chi connectivity index (χ1v) is 10.2. The standard InChI is InChI=1S/C24H26N4O/c1-3-27(17-19-10-5-4-6-11-19)23(29)21-16-18(2)25-24(26-21)28-15-9-13-20-12-7-8-14-22(20)28/h4-8,10-12,14,16H,3,9,13,15,17H2,1-2H3. The van der Waals surface area contributed by atoms with E-state index in [9.17, 15) is 4.79 Å². The molecular weight excluding hydrogens is 360 g/mol. The monoisotopic (exact) mass is 386 g/mol. The molecule has 2 aromatic carbocycles. The van der Waals surface area contributed by atoms with E-state index < -0.39 is 0 Å². The van der Waals surface area contributed by atoms with Crippen molar-refractivity contribution in [2.45, 2.75) is 33.2 Å². The highest BCUT2D eigenvalue weighted by Gasteiger charge is 2.23. The van der Waals surface area contributed by atoms with Crippen LogP contribution in [0.3, 0.4) is 0 Å². The predicted octanol–water partition coefficient (Wildman–Crippen LogP) is 4.53. The first-order chi connectivity index (χ1) is 14.2. The van der Waals surface area contributed by atoms with Crippen molar-refractivity contribution in [2.24, 2.45) is 0 Å². The fourth-order valence-corrected chi connectivity index (χ4v) is 3.82. The summed E-state index contributed by atoms with van der Waals surface area (Å²) in [6, 6.07) is 20.2. The van der Waals surface area contributed by atoms with Gasteiger partial charge in [0.2, 0.25) is 5.95 Å². The van der Waals surface area contributed by atoms with Crippen molar-refractivity contribution < 1.29 is 4.79 Å². The number of fused-ring (bicyclic) bond motifs is 1. The van der Waals surface area contributed by atoms with Crippen LogP contribution in [0.4, 0.5) is 11.6 Å². The molecule has 3 aromatic rings. The maximum atomic E-state index is 13.2. The van der Waals surface area contributed by atoms with E-state index in [1.807, 2.05) is 55.1 Å². The highest BCUT2D eigenvalue weighted by atomic mass is 16.2. The van der Waals surface area contributed by atoms with Crippen molar-refractivity contribution in [2.75, 3.05) is 18.0 Å². The molecule has 0 N–H and O–H groups in total. The molecule has 0 spiro atoms. The highest BCUT2D eigenvalue weighted by Crippen LogP contribution is 2.31. The molecule has 5 nitrogen and oxygen atoms in total. The summed E-state index contributed by atoms with van der Waals surface area (Å²) in [5.74, 6) is 0.546. The lowest BCUT2D eigenvalue weighted by Gasteiger charge is -2.30. The van der Waals surface area contributed by atoms with Crippen LogP contribution in [0.2, 0.25) is 0 Å². The largest absolute Gasteiger partial charge is 0.333 e.